The van der Waals surface area contributed by atoms with E-state index < -0.39 is 12.1 Å². The SMILES string of the molecule is CCOC(=O)C[C@@H](O)CC(C)=O. The molecule has 0 rings (SSSR count). The number of ether oxygens (including phenoxy) is 1. The quantitative estimate of drug-likeness (QED) is 0.608. The fourth-order valence-electron chi connectivity index (χ4n) is 0.816. The second-order valence-corrected chi connectivity index (χ2v) is 2.57. The van der Waals surface area contributed by atoms with E-state index in [2.05, 4.69) is 4.74 Å². The number of esters is 1. The van der Waals surface area contributed by atoms with E-state index in [1.54, 1.807) is 6.92 Å². The van der Waals surface area contributed by atoms with Crippen LogP contribution in [-0.2, 0) is 14.3 Å². The lowest BCUT2D eigenvalue weighted by Gasteiger charge is -2.06. The van der Waals surface area contributed by atoms with Crippen LogP contribution in [0.25, 0.3) is 0 Å². The van der Waals surface area contributed by atoms with E-state index in [1.807, 2.05) is 0 Å². The van der Waals surface area contributed by atoms with Crippen molar-refractivity contribution in [3.8, 4) is 0 Å². The van der Waals surface area contributed by atoms with Gasteiger partial charge in [0.25, 0.3) is 0 Å². The van der Waals surface area contributed by atoms with Gasteiger partial charge in [-0.2, -0.15) is 0 Å². The predicted octanol–water partition coefficient (Wildman–Crippen LogP) is 0.280. The summed E-state index contributed by atoms with van der Waals surface area (Å²) < 4.78 is 4.58. The Hall–Kier alpha value is -0.900. The Labute approximate surface area is 71.5 Å². The maximum atomic E-state index is 10.7. The van der Waals surface area contributed by atoms with Gasteiger partial charge < -0.3 is 9.84 Å². The zero-order chi connectivity index (χ0) is 9.56. The first-order chi connectivity index (χ1) is 5.56. The van der Waals surface area contributed by atoms with Gasteiger partial charge in [-0.15, -0.1) is 0 Å². The average Bonchev–Trinajstić information content (AvgIpc) is 1.84. The monoisotopic (exact) mass is 174 g/mol. The Morgan fingerprint density at radius 1 is 1.42 bits per heavy atom. The second kappa shape index (κ2) is 5.71. The van der Waals surface area contributed by atoms with E-state index in [0.29, 0.717) is 6.61 Å². The van der Waals surface area contributed by atoms with Crippen LogP contribution >= 0.6 is 0 Å². The van der Waals surface area contributed by atoms with Crippen molar-refractivity contribution in [2.24, 2.45) is 0 Å². The van der Waals surface area contributed by atoms with Gasteiger partial charge in [0.15, 0.2) is 0 Å². The van der Waals surface area contributed by atoms with Crippen LogP contribution in [0.5, 0.6) is 0 Å². The number of hydrogen-bond acceptors (Lipinski definition) is 4. The third kappa shape index (κ3) is 5.85. The maximum absolute atomic E-state index is 10.7. The summed E-state index contributed by atoms with van der Waals surface area (Å²) in [5.74, 6) is -0.599. The van der Waals surface area contributed by atoms with Crippen molar-refractivity contribution in [3.05, 3.63) is 0 Å². The van der Waals surface area contributed by atoms with Gasteiger partial charge in [-0.25, -0.2) is 0 Å². The average molecular weight is 174 g/mol. The normalized spacial score (nSPS) is 12.2. The van der Waals surface area contributed by atoms with Gasteiger partial charge in [0.2, 0.25) is 0 Å². The molecule has 0 saturated heterocycles. The molecule has 0 unspecified atom stereocenters. The summed E-state index contributed by atoms with van der Waals surface area (Å²) in [7, 11) is 0. The molecule has 0 aromatic heterocycles. The number of rotatable bonds is 5. The van der Waals surface area contributed by atoms with Crippen LogP contribution in [-0.4, -0.2) is 29.6 Å². The number of hydrogen-bond donors (Lipinski definition) is 1. The molecule has 4 nitrogen and oxygen atoms in total. The molecule has 0 aliphatic heterocycles. The van der Waals surface area contributed by atoms with Crippen LogP contribution in [0.2, 0.25) is 0 Å². The lowest BCUT2D eigenvalue weighted by atomic mass is 10.1. The van der Waals surface area contributed by atoms with Crippen molar-refractivity contribution in [2.45, 2.75) is 32.8 Å². The van der Waals surface area contributed by atoms with Crippen molar-refractivity contribution in [3.63, 3.8) is 0 Å². The molecule has 70 valence electrons. The molecule has 0 saturated carbocycles. The minimum absolute atomic E-state index is 0.0127. The predicted molar refractivity (Wildman–Crippen MR) is 42.6 cm³/mol. The zero-order valence-electron chi connectivity index (χ0n) is 7.37. The molecule has 0 aromatic carbocycles. The lowest BCUT2D eigenvalue weighted by Crippen LogP contribution is -2.18. The molecule has 0 aliphatic rings. The van der Waals surface area contributed by atoms with Gasteiger partial charge in [0, 0.05) is 6.42 Å². The van der Waals surface area contributed by atoms with Gasteiger partial charge in [0.05, 0.1) is 19.1 Å². The third-order valence-electron chi connectivity index (χ3n) is 1.23. The largest absolute Gasteiger partial charge is 0.466 e. The summed E-state index contributed by atoms with van der Waals surface area (Å²) in [6, 6.07) is 0. The van der Waals surface area contributed by atoms with Crippen LogP contribution in [0.4, 0.5) is 0 Å². The van der Waals surface area contributed by atoms with E-state index in [0.717, 1.165) is 0 Å². The molecule has 0 bridgehead atoms. The van der Waals surface area contributed by atoms with Crippen molar-refractivity contribution in [1.29, 1.82) is 0 Å². The highest BCUT2D eigenvalue weighted by Gasteiger charge is 2.12. The summed E-state index contributed by atoms with van der Waals surface area (Å²) in [6.45, 7) is 3.36. The Balaban J connectivity index is 3.61. The molecular formula is C8H14O4. The van der Waals surface area contributed by atoms with E-state index in [9.17, 15) is 9.59 Å². The standard InChI is InChI=1S/C8H14O4/c1-3-12-8(11)5-7(10)4-6(2)9/h7,10H,3-5H2,1-2H3/t7-/m0/s1. The molecule has 1 N–H and O–H groups in total. The minimum Gasteiger partial charge on any atom is -0.466 e. The topological polar surface area (TPSA) is 63.6 Å². The van der Waals surface area contributed by atoms with E-state index >= 15 is 0 Å². The van der Waals surface area contributed by atoms with Crippen molar-refractivity contribution in [2.75, 3.05) is 6.61 Å². The van der Waals surface area contributed by atoms with Crippen LogP contribution in [0.15, 0.2) is 0 Å². The summed E-state index contributed by atoms with van der Waals surface area (Å²) in [6.07, 6.45) is -0.992. The van der Waals surface area contributed by atoms with Crippen molar-refractivity contribution in [1.82, 2.24) is 0 Å². The molecule has 0 fully saturated rings. The van der Waals surface area contributed by atoms with Crippen LogP contribution in [0.3, 0.4) is 0 Å². The van der Waals surface area contributed by atoms with Gasteiger partial charge in [-0.05, 0) is 13.8 Å². The Bertz CT molecular complexity index is 164. The summed E-state index contributed by atoms with van der Waals surface area (Å²) in [4.78, 5) is 21.2. The molecule has 0 amide bonds. The molecule has 4 heteroatoms. The van der Waals surface area contributed by atoms with Gasteiger partial charge in [-0.3, -0.25) is 9.59 Å². The minimum atomic E-state index is -0.901. The Kier molecular flexibility index (Phi) is 5.28. The number of carbonyl (C=O) groups excluding carboxylic acids is 2. The zero-order valence-corrected chi connectivity index (χ0v) is 7.37. The van der Waals surface area contributed by atoms with E-state index in [-0.39, 0.29) is 18.6 Å². The molecule has 12 heavy (non-hydrogen) atoms. The van der Waals surface area contributed by atoms with E-state index in [1.165, 1.54) is 6.92 Å². The molecule has 0 aliphatic carbocycles. The van der Waals surface area contributed by atoms with Gasteiger partial charge >= 0.3 is 5.97 Å². The van der Waals surface area contributed by atoms with Crippen LogP contribution < -0.4 is 0 Å². The van der Waals surface area contributed by atoms with Crippen LogP contribution in [0, 0.1) is 0 Å². The highest BCUT2D eigenvalue weighted by Crippen LogP contribution is 2.00. The first-order valence-electron chi connectivity index (χ1n) is 3.89. The van der Waals surface area contributed by atoms with Crippen LogP contribution in [0.1, 0.15) is 26.7 Å². The summed E-state index contributed by atoms with van der Waals surface area (Å²) in [5.41, 5.74) is 0. The maximum Gasteiger partial charge on any atom is 0.308 e. The first kappa shape index (κ1) is 11.1. The summed E-state index contributed by atoms with van der Waals surface area (Å²) in [5, 5.41) is 9.09. The lowest BCUT2D eigenvalue weighted by molar-refractivity contribution is -0.145. The first-order valence-corrected chi connectivity index (χ1v) is 3.89. The fraction of sp³-hybridized carbons (Fsp3) is 0.750. The second-order valence-electron chi connectivity index (χ2n) is 2.57. The number of carbonyl (C=O) groups is 2. The highest BCUT2D eigenvalue weighted by atomic mass is 16.5. The number of aliphatic hydroxyl groups excluding tert-OH is 1. The summed E-state index contributed by atoms with van der Waals surface area (Å²) >= 11 is 0. The van der Waals surface area contributed by atoms with Gasteiger partial charge in [0.1, 0.15) is 5.78 Å². The molecule has 0 spiro atoms. The van der Waals surface area contributed by atoms with Crippen molar-refractivity contribution < 1.29 is 19.4 Å². The fourth-order valence-corrected chi connectivity index (χ4v) is 0.816. The number of Topliss-reactive ketones (excluding diaryl/α,β-unsaturated/α-hetero) is 1. The third-order valence-corrected chi connectivity index (χ3v) is 1.23. The Morgan fingerprint density at radius 3 is 2.42 bits per heavy atom. The number of ketones is 1. The smallest absolute Gasteiger partial charge is 0.308 e. The number of aliphatic hydroxyl groups is 1. The molecule has 0 heterocycles. The van der Waals surface area contributed by atoms with Gasteiger partial charge in [-0.1, -0.05) is 0 Å². The molecule has 0 aromatic rings. The molecule has 0 radical (unpaired) electrons. The van der Waals surface area contributed by atoms with Crippen molar-refractivity contribution >= 4 is 11.8 Å². The molecule has 1 atom stereocenters. The van der Waals surface area contributed by atoms with E-state index in [4.69, 9.17) is 5.11 Å². The Morgan fingerprint density at radius 2 is 2.00 bits per heavy atom. The highest BCUT2D eigenvalue weighted by molar-refractivity contribution is 5.77. The molecular weight excluding hydrogens is 160 g/mol.